The van der Waals surface area contributed by atoms with Gasteiger partial charge in [0.05, 0.1) is 10.0 Å². The van der Waals surface area contributed by atoms with Crippen LogP contribution in [0.1, 0.15) is 44.1 Å². The standard InChI is InChI=1S/C17H23Cl2NO/c1-11(12-4-6-21-7-5-12)20-15-8-14(9-15)13-2-3-16(18)17(19)10-13/h2-3,10-12,14-15,20H,4-9H2,1H3. The number of nitrogens with one attached hydrogen (secondary N) is 1. The predicted molar refractivity (Wildman–Crippen MR) is 88.4 cm³/mol. The lowest BCUT2D eigenvalue weighted by Gasteiger charge is -2.40. The Bertz CT molecular complexity index is 482. The fraction of sp³-hybridized carbons (Fsp3) is 0.647. The molecule has 1 aromatic carbocycles. The zero-order valence-corrected chi connectivity index (χ0v) is 14.0. The minimum atomic E-state index is 0.591. The van der Waals surface area contributed by atoms with Gasteiger partial charge in [-0.25, -0.2) is 0 Å². The van der Waals surface area contributed by atoms with E-state index in [9.17, 15) is 0 Å². The molecule has 0 radical (unpaired) electrons. The van der Waals surface area contributed by atoms with Gasteiger partial charge in [-0.05, 0) is 62.1 Å². The smallest absolute Gasteiger partial charge is 0.0595 e. The largest absolute Gasteiger partial charge is 0.381 e. The summed E-state index contributed by atoms with van der Waals surface area (Å²) in [4.78, 5) is 0. The van der Waals surface area contributed by atoms with Crippen LogP contribution in [0.2, 0.25) is 10.0 Å². The molecule has 2 aliphatic rings. The van der Waals surface area contributed by atoms with Crippen molar-refractivity contribution in [3.8, 4) is 0 Å². The van der Waals surface area contributed by atoms with Crippen LogP contribution in [0.3, 0.4) is 0 Å². The molecule has 0 spiro atoms. The van der Waals surface area contributed by atoms with Crippen LogP contribution in [0.4, 0.5) is 0 Å². The van der Waals surface area contributed by atoms with E-state index in [1.807, 2.05) is 12.1 Å². The van der Waals surface area contributed by atoms with Gasteiger partial charge in [-0.3, -0.25) is 0 Å². The second-order valence-corrected chi connectivity index (χ2v) is 7.26. The maximum Gasteiger partial charge on any atom is 0.0595 e. The van der Waals surface area contributed by atoms with Crippen molar-refractivity contribution in [1.29, 1.82) is 0 Å². The minimum absolute atomic E-state index is 0.591. The van der Waals surface area contributed by atoms with Crippen molar-refractivity contribution in [2.75, 3.05) is 13.2 Å². The monoisotopic (exact) mass is 327 g/mol. The molecule has 1 aromatic rings. The Labute approximate surface area is 137 Å². The van der Waals surface area contributed by atoms with Crippen LogP contribution in [0.5, 0.6) is 0 Å². The Hall–Kier alpha value is -0.280. The van der Waals surface area contributed by atoms with Crippen molar-refractivity contribution in [3.05, 3.63) is 33.8 Å². The van der Waals surface area contributed by atoms with Gasteiger partial charge < -0.3 is 10.1 Å². The Balaban J connectivity index is 1.47. The molecule has 21 heavy (non-hydrogen) atoms. The second kappa shape index (κ2) is 6.87. The van der Waals surface area contributed by atoms with Crippen molar-refractivity contribution in [1.82, 2.24) is 5.32 Å². The predicted octanol–water partition coefficient (Wildman–Crippen LogP) is 4.64. The van der Waals surface area contributed by atoms with Gasteiger partial charge in [0, 0.05) is 25.3 Å². The molecule has 1 saturated carbocycles. The van der Waals surface area contributed by atoms with E-state index in [0.29, 0.717) is 28.0 Å². The van der Waals surface area contributed by atoms with Gasteiger partial charge in [-0.2, -0.15) is 0 Å². The Morgan fingerprint density at radius 3 is 2.52 bits per heavy atom. The maximum absolute atomic E-state index is 6.10. The number of benzene rings is 1. The van der Waals surface area contributed by atoms with Crippen LogP contribution in [-0.4, -0.2) is 25.3 Å². The number of halogens is 2. The van der Waals surface area contributed by atoms with Gasteiger partial charge >= 0.3 is 0 Å². The quantitative estimate of drug-likeness (QED) is 0.869. The molecule has 0 bridgehead atoms. The molecule has 116 valence electrons. The number of ether oxygens (including phenoxy) is 1. The molecule has 1 N–H and O–H groups in total. The number of rotatable bonds is 4. The van der Waals surface area contributed by atoms with Gasteiger partial charge in [-0.1, -0.05) is 29.3 Å². The highest BCUT2D eigenvalue weighted by molar-refractivity contribution is 6.42. The summed E-state index contributed by atoms with van der Waals surface area (Å²) in [7, 11) is 0. The summed E-state index contributed by atoms with van der Waals surface area (Å²) in [5.41, 5.74) is 1.32. The lowest BCUT2D eigenvalue weighted by atomic mass is 9.75. The fourth-order valence-electron chi connectivity index (χ4n) is 3.52. The highest BCUT2D eigenvalue weighted by Crippen LogP contribution is 2.39. The molecule has 1 aliphatic heterocycles. The van der Waals surface area contributed by atoms with E-state index in [1.165, 1.54) is 31.2 Å². The highest BCUT2D eigenvalue weighted by atomic mass is 35.5. The van der Waals surface area contributed by atoms with Gasteiger partial charge in [0.1, 0.15) is 0 Å². The first-order valence-corrected chi connectivity index (χ1v) is 8.68. The van der Waals surface area contributed by atoms with Crippen LogP contribution >= 0.6 is 23.2 Å². The maximum atomic E-state index is 6.10. The molecule has 1 aliphatic carbocycles. The van der Waals surface area contributed by atoms with E-state index in [-0.39, 0.29) is 0 Å². The normalized spacial score (nSPS) is 28.1. The third-order valence-corrected chi connectivity index (χ3v) is 5.76. The van der Waals surface area contributed by atoms with Crippen molar-refractivity contribution in [2.45, 2.75) is 50.6 Å². The van der Waals surface area contributed by atoms with E-state index < -0.39 is 0 Å². The van der Waals surface area contributed by atoms with E-state index in [0.717, 1.165) is 19.1 Å². The zero-order chi connectivity index (χ0) is 14.8. The molecule has 1 atom stereocenters. The van der Waals surface area contributed by atoms with Crippen LogP contribution < -0.4 is 5.32 Å². The molecule has 1 saturated heterocycles. The average molecular weight is 328 g/mol. The summed E-state index contributed by atoms with van der Waals surface area (Å²) in [6.45, 7) is 4.17. The molecule has 0 aromatic heterocycles. The van der Waals surface area contributed by atoms with Gasteiger partial charge in [0.25, 0.3) is 0 Å². The lowest BCUT2D eigenvalue weighted by Crippen LogP contribution is -2.48. The first-order chi connectivity index (χ1) is 10.1. The first-order valence-electron chi connectivity index (χ1n) is 7.92. The van der Waals surface area contributed by atoms with Crippen LogP contribution in [0.25, 0.3) is 0 Å². The van der Waals surface area contributed by atoms with E-state index in [2.05, 4.69) is 18.3 Å². The third-order valence-electron chi connectivity index (χ3n) is 5.02. The summed E-state index contributed by atoms with van der Waals surface area (Å²) in [6.07, 6.45) is 4.78. The Kier molecular flexibility index (Phi) is 5.11. The van der Waals surface area contributed by atoms with Crippen molar-refractivity contribution < 1.29 is 4.74 Å². The molecule has 3 rings (SSSR count). The molecule has 4 heteroatoms. The second-order valence-electron chi connectivity index (χ2n) is 6.44. The van der Waals surface area contributed by atoms with Crippen LogP contribution in [-0.2, 0) is 4.74 Å². The number of hydrogen-bond donors (Lipinski definition) is 1. The zero-order valence-electron chi connectivity index (χ0n) is 12.4. The third kappa shape index (κ3) is 3.73. The first kappa shape index (κ1) is 15.6. The summed E-state index contributed by atoms with van der Waals surface area (Å²) < 4.78 is 5.44. The van der Waals surface area contributed by atoms with E-state index in [4.69, 9.17) is 27.9 Å². The van der Waals surface area contributed by atoms with Gasteiger partial charge in [0.2, 0.25) is 0 Å². The van der Waals surface area contributed by atoms with Crippen LogP contribution in [0, 0.1) is 5.92 Å². The Morgan fingerprint density at radius 2 is 1.86 bits per heavy atom. The molecule has 2 nitrogen and oxygen atoms in total. The SMILES string of the molecule is CC(NC1CC(c2ccc(Cl)c(Cl)c2)C1)C1CCOCC1. The topological polar surface area (TPSA) is 21.3 Å². The molecule has 1 unspecified atom stereocenters. The summed E-state index contributed by atoms with van der Waals surface area (Å²) in [6, 6.07) is 7.27. The summed E-state index contributed by atoms with van der Waals surface area (Å²) in [5.74, 6) is 1.39. The molecular weight excluding hydrogens is 305 g/mol. The fourth-order valence-corrected chi connectivity index (χ4v) is 3.82. The molecular formula is C17H23Cl2NO. The lowest BCUT2D eigenvalue weighted by molar-refractivity contribution is 0.0519. The molecule has 2 fully saturated rings. The van der Waals surface area contributed by atoms with Gasteiger partial charge in [-0.15, -0.1) is 0 Å². The summed E-state index contributed by atoms with van der Waals surface area (Å²) in [5, 5.41) is 5.11. The van der Waals surface area contributed by atoms with Crippen molar-refractivity contribution in [3.63, 3.8) is 0 Å². The van der Waals surface area contributed by atoms with Crippen molar-refractivity contribution >= 4 is 23.2 Å². The Morgan fingerprint density at radius 1 is 1.14 bits per heavy atom. The van der Waals surface area contributed by atoms with Crippen molar-refractivity contribution in [2.24, 2.45) is 5.92 Å². The molecule has 1 heterocycles. The minimum Gasteiger partial charge on any atom is -0.381 e. The van der Waals surface area contributed by atoms with E-state index in [1.54, 1.807) is 0 Å². The summed E-state index contributed by atoms with van der Waals surface area (Å²) >= 11 is 12.1. The highest BCUT2D eigenvalue weighted by Gasteiger charge is 2.32. The van der Waals surface area contributed by atoms with E-state index >= 15 is 0 Å². The number of hydrogen-bond acceptors (Lipinski definition) is 2. The molecule has 0 amide bonds. The van der Waals surface area contributed by atoms with Gasteiger partial charge in [0.15, 0.2) is 0 Å². The van der Waals surface area contributed by atoms with Crippen LogP contribution in [0.15, 0.2) is 18.2 Å². The average Bonchev–Trinajstić information content (AvgIpc) is 2.46.